The number of hydrogen-bond acceptors (Lipinski definition) is 7. The average Bonchev–Trinajstić information content (AvgIpc) is 2.82. The lowest BCUT2D eigenvalue weighted by Gasteiger charge is -2.37. The van der Waals surface area contributed by atoms with E-state index >= 15 is 0 Å². The van der Waals surface area contributed by atoms with E-state index in [-0.39, 0.29) is 0 Å². The van der Waals surface area contributed by atoms with Crippen molar-refractivity contribution in [3.63, 3.8) is 0 Å². The number of aliphatic hydroxyl groups is 3. The summed E-state index contributed by atoms with van der Waals surface area (Å²) in [5, 5.41) is 41.0. The molecule has 1 aromatic rings. The van der Waals surface area contributed by atoms with E-state index in [4.69, 9.17) is 14.7 Å². The Hall–Kier alpha value is -1.68. The van der Waals surface area contributed by atoms with Crippen LogP contribution in [0.3, 0.4) is 0 Å². The summed E-state index contributed by atoms with van der Waals surface area (Å²) in [6, 6.07) is 1.54. The Balaban J connectivity index is 2.12. The van der Waals surface area contributed by atoms with Crippen LogP contribution in [-0.2, 0) is 9.53 Å². The Labute approximate surface area is 101 Å². The Bertz CT molecular complexity index is 409. The first-order valence-corrected chi connectivity index (χ1v) is 5.10. The van der Waals surface area contributed by atoms with Gasteiger partial charge in [0.1, 0.15) is 18.3 Å². The summed E-state index contributed by atoms with van der Waals surface area (Å²) in [6.07, 6.45) is -5.39. The third-order valence-electron chi connectivity index (χ3n) is 2.51. The Morgan fingerprint density at radius 1 is 1.28 bits per heavy atom. The lowest BCUT2D eigenvalue weighted by molar-refractivity contribution is -0.296. The van der Waals surface area contributed by atoms with Crippen molar-refractivity contribution < 1.29 is 34.8 Å². The van der Waals surface area contributed by atoms with Gasteiger partial charge in [-0.3, -0.25) is 0 Å². The van der Waals surface area contributed by atoms with Gasteiger partial charge in [-0.05, 0) is 6.07 Å². The minimum atomic E-state index is -1.74. The number of aliphatic hydroxyl groups excluding tert-OH is 3. The Morgan fingerprint density at radius 3 is 2.56 bits per heavy atom. The number of carbonyl (C=O) groups is 1. The van der Waals surface area contributed by atoms with E-state index in [1.54, 1.807) is 0 Å². The highest BCUT2D eigenvalue weighted by Gasteiger charge is 2.48. The van der Waals surface area contributed by atoms with Crippen molar-refractivity contribution in [2.75, 3.05) is 0 Å². The van der Waals surface area contributed by atoms with Gasteiger partial charge in [0.05, 0.1) is 12.4 Å². The molecule has 0 aromatic carbocycles. The summed E-state index contributed by atoms with van der Waals surface area (Å²) in [7, 11) is 0. The molecule has 0 amide bonds. The maximum Gasteiger partial charge on any atom is 0.335 e. The minimum Gasteiger partial charge on any atom is -0.479 e. The minimum absolute atomic E-state index is 0.942. The number of ether oxygens (including phenoxy) is 1. The fourth-order valence-corrected chi connectivity index (χ4v) is 1.56. The highest BCUT2D eigenvalue weighted by Crippen LogP contribution is 2.20. The van der Waals surface area contributed by atoms with Gasteiger partial charge in [0, 0.05) is 0 Å². The number of aromatic nitrogens is 2. The zero-order valence-corrected chi connectivity index (χ0v) is 9.03. The molecule has 2 heterocycles. The van der Waals surface area contributed by atoms with Crippen molar-refractivity contribution in [1.29, 1.82) is 0 Å². The van der Waals surface area contributed by atoms with Gasteiger partial charge in [-0.2, -0.15) is 0 Å². The van der Waals surface area contributed by atoms with Gasteiger partial charge in [0.15, 0.2) is 6.10 Å². The fraction of sp³-hybridized carbons (Fsp3) is 0.556. The molecule has 1 fully saturated rings. The van der Waals surface area contributed by atoms with E-state index in [1.807, 2.05) is 0 Å². The van der Waals surface area contributed by atoms with Crippen molar-refractivity contribution in [3.05, 3.63) is 18.5 Å². The highest BCUT2D eigenvalue weighted by atomic mass is 16.8. The molecule has 0 radical (unpaired) electrons. The smallest absolute Gasteiger partial charge is 0.335 e. The molecule has 1 unspecified atom stereocenters. The van der Waals surface area contributed by atoms with E-state index < -0.39 is 36.7 Å². The summed E-state index contributed by atoms with van der Waals surface area (Å²) in [5.41, 5.74) is 0. The number of carboxylic acid groups (broad SMARTS) is 1. The lowest BCUT2D eigenvalue weighted by Crippen LogP contribution is -2.62. The van der Waals surface area contributed by atoms with E-state index in [2.05, 4.69) is 5.10 Å². The first kappa shape index (κ1) is 12.8. The predicted molar refractivity (Wildman–Crippen MR) is 53.1 cm³/mol. The van der Waals surface area contributed by atoms with Gasteiger partial charge in [-0.25, -0.2) is 4.79 Å². The van der Waals surface area contributed by atoms with Crippen LogP contribution >= 0.6 is 0 Å². The molecule has 9 heteroatoms. The summed E-state index contributed by atoms with van der Waals surface area (Å²) in [4.78, 5) is 16.8. The normalized spacial score (nSPS) is 36.3. The standard InChI is InChI=1S/C9H12N2O7/c12-4-5(13)7(8(15)16)17-9(6(4)14)18-11-3-1-2-10-11/h1-7,9,12-14H,(H,15,16)/t4-,5-,6+,7-,9?/m0/s1. The Morgan fingerprint density at radius 2 is 2.00 bits per heavy atom. The van der Waals surface area contributed by atoms with Crippen LogP contribution in [0.2, 0.25) is 0 Å². The maximum atomic E-state index is 10.8. The molecule has 1 aromatic heterocycles. The number of aliphatic carboxylic acids is 1. The quantitative estimate of drug-likeness (QED) is 0.458. The topological polar surface area (TPSA) is 134 Å². The first-order valence-electron chi connectivity index (χ1n) is 5.10. The number of rotatable bonds is 3. The Kier molecular flexibility index (Phi) is 3.48. The molecule has 18 heavy (non-hydrogen) atoms. The van der Waals surface area contributed by atoms with Gasteiger partial charge in [-0.15, -0.1) is 9.94 Å². The lowest BCUT2D eigenvalue weighted by atomic mass is 9.99. The SMILES string of the molecule is O=C(O)[C@H]1OC(On2cccn2)[C@H](O)[C@@H](O)[C@@H]1O. The second-order valence-electron chi connectivity index (χ2n) is 3.75. The monoisotopic (exact) mass is 260 g/mol. The third kappa shape index (κ3) is 2.29. The molecule has 9 nitrogen and oxygen atoms in total. The molecular weight excluding hydrogens is 248 g/mol. The van der Waals surface area contributed by atoms with Gasteiger partial charge >= 0.3 is 5.97 Å². The van der Waals surface area contributed by atoms with Gasteiger partial charge in [0.25, 0.3) is 6.29 Å². The van der Waals surface area contributed by atoms with E-state index in [1.165, 1.54) is 18.5 Å². The maximum absolute atomic E-state index is 10.8. The summed E-state index contributed by atoms with van der Waals surface area (Å²) in [6.45, 7) is 0. The second-order valence-corrected chi connectivity index (χ2v) is 3.75. The predicted octanol–water partition coefficient (Wildman–Crippen LogP) is -2.80. The first-order chi connectivity index (χ1) is 8.50. The molecule has 0 spiro atoms. The summed E-state index contributed by atoms with van der Waals surface area (Å²) in [5.74, 6) is -1.47. The van der Waals surface area contributed by atoms with Crippen molar-refractivity contribution in [1.82, 2.24) is 9.94 Å². The van der Waals surface area contributed by atoms with Crippen molar-refractivity contribution in [2.45, 2.75) is 30.7 Å². The van der Waals surface area contributed by atoms with Crippen LogP contribution in [0.25, 0.3) is 0 Å². The third-order valence-corrected chi connectivity index (χ3v) is 2.51. The molecule has 1 aliphatic rings. The summed E-state index contributed by atoms with van der Waals surface area (Å²) >= 11 is 0. The van der Waals surface area contributed by atoms with Crippen LogP contribution < -0.4 is 4.84 Å². The fourth-order valence-electron chi connectivity index (χ4n) is 1.56. The zero-order valence-electron chi connectivity index (χ0n) is 9.03. The molecule has 1 aliphatic heterocycles. The molecule has 5 atom stereocenters. The van der Waals surface area contributed by atoms with Gasteiger partial charge in [0.2, 0.25) is 0 Å². The molecule has 1 saturated heterocycles. The van der Waals surface area contributed by atoms with Crippen LogP contribution in [0.1, 0.15) is 0 Å². The molecule has 2 rings (SSSR count). The highest BCUT2D eigenvalue weighted by molar-refractivity contribution is 5.73. The van der Waals surface area contributed by atoms with Crippen molar-refractivity contribution in [3.8, 4) is 0 Å². The van der Waals surface area contributed by atoms with Crippen LogP contribution in [0, 0.1) is 0 Å². The molecule has 0 saturated carbocycles. The zero-order chi connectivity index (χ0) is 13.3. The van der Waals surface area contributed by atoms with E-state index in [0.29, 0.717) is 0 Å². The van der Waals surface area contributed by atoms with Crippen LogP contribution in [0.15, 0.2) is 18.5 Å². The van der Waals surface area contributed by atoms with Crippen LogP contribution in [0.4, 0.5) is 0 Å². The molecule has 0 aliphatic carbocycles. The van der Waals surface area contributed by atoms with Gasteiger partial charge < -0.3 is 30.0 Å². The number of carboxylic acids is 1. The van der Waals surface area contributed by atoms with Crippen molar-refractivity contribution in [2.24, 2.45) is 0 Å². The van der Waals surface area contributed by atoms with Crippen LogP contribution in [0.5, 0.6) is 0 Å². The molecule has 4 N–H and O–H groups in total. The van der Waals surface area contributed by atoms with Gasteiger partial charge in [-0.1, -0.05) is 0 Å². The molecular formula is C9H12N2O7. The van der Waals surface area contributed by atoms with Crippen LogP contribution in [-0.4, -0.2) is 67.0 Å². The molecule has 0 bridgehead atoms. The van der Waals surface area contributed by atoms with E-state index in [9.17, 15) is 20.1 Å². The molecule has 100 valence electrons. The largest absolute Gasteiger partial charge is 0.479 e. The number of nitrogens with zero attached hydrogens (tertiary/aromatic N) is 2. The number of hydrogen-bond donors (Lipinski definition) is 4. The second kappa shape index (κ2) is 4.90. The van der Waals surface area contributed by atoms with Crippen molar-refractivity contribution >= 4 is 5.97 Å². The summed E-state index contributed by atoms with van der Waals surface area (Å²) < 4.78 is 4.87. The van der Waals surface area contributed by atoms with E-state index in [0.717, 1.165) is 4.85 Å². The average molecular weight is 260 g/mol.